The molecule has 0 bridgehead atoms. The molecule has 1 aliphatic carbocycles. The second kappa shape index (κ2) is 29.4. The number of aromatic carboxylic acids is 4. The molecule has 9 rings (SSSR count). The summed E-state index contributed by atoms with van der Waals surface area (Å²) in [5.41, 5.74) is -5.00. The maximum absolute atomic E-state index is 14.0. The van der Waals surface area contributed by atoms with Gasteiger partial charge in [-0.05, 0) is 114 Å². The van der Waals surface area contributed by atoms with E-state index in [4.69, 9.17) is 39.4 Å². The summed E-state index contributed by atoms with van der Waals surface area (Å²) >= 11 is 0. The van der Waals surface area contributed by atoms with Crippen LogP contribution in [0.25, 0.3) is 22.7 Å². The minimum atomic E-state index is -1.25. The summed E-state index contributed by atoms with van der Waals surface area (Å²) in [5, 5.41) is 91.8. The zero-order chi connectivity index (χ0) is 65.6. The number of hydrogen-bond donors (Lipinski definition) is 8. The van der Waals surface area contributed by atoms with Crippen LogP contribution < -0.4 is 18.9 Å². The second-order valence-corrected chi connectivity index (χ2v) is 21.5. The number of carbonyl (C=O) groups is 4. The third kappa shape index (κ3) is 18.7. The van der Waals surface area contributed by atoms with E-state index < -0.39 is 69.6 Å². The fourth-order valence-corrected chi connectivity index (χ4v) is 7.76. The molecule has 8 aromatic rings. The van der Waals surface area contributed by atoms with Gasteiger partial charge in [0.1, 0.15) is 72.4 Å². The molecule has 0 spiro atoms. The molecule has 476 valence electrons. The van der Waals surface area contributed by atoms with Crippen molar-refractivity contribution in [1.29, 1.82) is 0 Å². The van der Waals surface area contributed by atoms with E-state index in [0.717, 1.165) is 31.6 Å². The Morgan fingerprint density at radius 1 is 0.438 bits per heavy atom. The fraction of sp³-hybridized carbons (Fsp3) is 0.344. The van der Waals surface area contributed by atoms with Gasteiger partial charge >= 0.3 is 23.9 Å². The lowest BCUT2D eigenvalue weighted by Crippen LogP contribution is -2.35. The third-order valence-corrected chi connectivity index (χ3v) is 13.5. The number of hydrogen-bond acceptors (Lipinski definition) is 16. The van der Waals surface area contributed by atoms with Gasteiger partial charge in [0.05, 0.1) is 22.4 Å². The van der Waals surface area contributed by atoms with Crippen LogP contribution in [0.15, 0.2) is 121 Å². The molecule has 0 saturated heterocycles. The molecule has 4 aromatic carbocycles. The molecule has 0 radical (unpaired) electrons. The molecular weight excluding hydrogens is 1180 g/mol. The Kier molecular flexibility index (Phi) is 22.6. The predicted molar refractivity (Wildman–Crippen MR) is 310 cm³/mol. The molecule has 89 heavy (non-hydrogen) atoms. The summed E-state index contributed by atoms with van der Waals surface area (Å²) in [6.45, 7) is 11.6. The van der Waals surface area contributed by atoms with E-state index >= 15 is 0 Å². The zero-order valence-electron chi connectivity index (χ0n) is 49.4. The van der Waals surface area contributed by atoms with Gasteiger partial charge in [0.25, 0.3) is 0 Å². The van der Waals surface area contributed by atoms with Crippen LogP contribution in [0.5, 0.6) is 23.5 Å². The number of aromatic nitrogens is 8. The van der Waals surface area contributed by atoms with Crippen molar-refractivity contribution >= 4 is 23.9 Å². The standard InChI is InChI=1S/C16H17FN2O4.C16H19FN2O4.C15H17FN2O4.C14H15FN2O4/c1-16(22,10-6-7-10)9-23-14-8-12(15(20)21)18-19(14)13-5-3-2-4-11(13)17;1-3-16(22,4-2)10-23-14-9-12(15(20)21)18-19(14)13-8-6-5-7-11(13)17;1-3-15(2,21)9-22-13-8-11(14(19)20)17-18(13)12-7-5-4-6-10(12)16;1-14(2,20)8-21-12-7-10(13(18)19)16-17(12)11-6-4-3-5-9(11)15/h2-5,8,10,22H,6-7,9H2,1H3,(H,20,21);5-9,22H,3-4,10H2,1-2H3,(H,20,21);4-8,21H,3,9H2,1-2H3,(H,19,20);3-7,20H,8H2,1-2H3,(H,18,19). The number of para-hydroxylation sites is 4. The number of halogens is 4. The van der Waals surface area contributed by atoms with Crippen molar-refractivity contribution in [3.63, 3.8) is 0 Å². The Bertz CT molecular complexity index is 3630. The molecule has 0 aliphatic heterocycles. The average Bonchev–Trinajstić information content (AvgIpc) is 1.95. The van der Waals surface area contributed by atoms with E-state index in [2.05, 4.69) is 20.4 Å². The smallest absolute Gasteiger partial charge is 0.356 e. The van der Waals surface area contributed by atoms with Gasteiger partial charge in [-0.2, -0.15) is 39.1 Å². The number of carboxylic acids is 4. The van der Waals surface area contributed by atoms with E-state index in [1.807, 2.05) is 13.8 Å². The van der Waals surface area contributed by atoms with Gasteiger partial charge < -0.3 is 59.8 Å². The lowest BCUT2D eigenvalue weighted by atomic mass is 9.99. The van der Waals surface area contributed by atoms with Crippen LogP contribution in [0.2, 0.25) is 0 Å². The van der Waals surface area contributed by atoms with Crippen LogP contribution in [0, 0.1) is 29.2 Å². The highest BCUT2D eigenvalue weighted by atomic mass is 19.1. The van der Waals surface area contributed by atoms with Crippen molar-refractivity contribution in [2.24, 2.45) is 5.92 Å². The van der Waals surface area contributed by atoms with Gasteiger partial charge in [-0.15, -0.1) is 0 Å². The van der Waals surface area contributed by atoms with Crippen molar-refractivity contribution in [3.05, 3.63) is 167 Å². The molecule has 24 nitrogen and oxygen atoms in total. The highest BCUT2D eigenvalue weighted by molar-refractivity contribution is 5.87. The Labute approximate surface area is 507 Å². The summed E-state index contributed by atoms with van der Waals surface area (Å²) in [6, 6.07) is 28.1. The minimum Gasteiger partial charge on any atom is -0.476 e. The number of ether oxygens (including phenoxy) is 4. The topological polar surface area (TPSA) is 338 Å². The van der Waals surface area contributed by atoms with Crippen LogP contribution in [-0.2, 0) is 0 Å². The van der Waals surface area contributed by atoms with E-state index in [0.29, 0.717) is 19.3 Å². The number of carboxylic acid groups (broad SMARTS) is 4. The molecule has 2 atom stereocenters. The third-order valence-electron chi connectivity index (χ3n) is 13.5. The van der Waals surface area contributed by atoms with Crippen LogP contribution in [0.3, 0.4) is 0 Å². The first kappa shape index (κ1) is 68.5. The van der Waals surface area contributed by atoms with E-state index in [-0.39, 0.29) is 101 Å². The summed E-state index contributed by atoms with van der Waals surface area (Å²) in [6.07, 6.45) is 3.27. The highest BCUT2D eigenvalue weighted by Crippen LogP contribution is 2.40. The average molecular weight is 1250 g/mol. The van der Waals surface area contributed by atoms with E-state index in [9.17, 15) is 57.2 Å². The molecule has 4 aromatic heterocycles. The first-order chi connectivity index (χ1) is 41.9. The lowest BCUT2D eigenvalue weighted by molar-refractivity contribution is -0.0133. The van der Waals surface area contributed by atoms with E-state index in [1.54, 1.807) is 45.0 Å². The largest absolute Gasteiger partial charge is 0.476 e. The zero-order valence-corrected chi connectivity index (χ0v) is 49.4. The van der Waals surface area contributed by atoms with Crippen LogP contribution in [0.4, 0.5) is 17.6 Å². The Balaban J connectivity index is 0.000000189. The van der Waals surface area contributed by atoms with Gasteiger partial charge in [-0.3, -0.25) is 0 Å². The van der Waals surface area contributed by atoms with E-state index in [1.165, 1.54) is 111 Å². The van der Waals surface area contributed by atoms with Crippen LogP contribution in [0.1, 0.15) is 123 Å². The van der Waals surface area contributed by atoms with Crippen molar-refractivity contribution in [2.45, 2.75) is 103 Å². The molecule has 1 fully saturated rings. The first-order valence-corrected chi connectivity index (χ1v) is 27.6. The molecular formula is C61H68F4N8O16. The second-order valence-electron chi connectivity index (χ2n) is 21.5. The first-order valence-electron chi connectivity index (χ1n) is 27.6. The minimum absolute atomic E-state index is 0.0170. The summed E-state index contributed by atoms with van der Waals surface area (Å²) in [5.74, 6) is -6.81. The number of aliphatic hydroxyl groups is 4. The van der Waals surface area contributed by atoms with Crippen LogP contribution in [-0.4, -0.2) is 153 Å². The maximum atomic E-state index is 14.0. The predicted octanol–water partition coefficient (Wildman–Crippen LogP) is 9.00. The summed E-state index contributed by atoms with van der Waals surface area (Å²) in [4.78, 5) is 44.3. The normalized spacial score (nSPS) is 13.4. The maximum Gasteiger partial charge on any atom is 0.356 e. The Morgan fingerprint density at radius 3 is 0.955 bits per heavy atom. The van der Waals surface area contributed by atoms with Crippen molar-refractivity contribution in [1.82, 2.24) is 39.1 Å². The summed E-state index contributed by atoms with van der Waals surface area (Å²) < 4.78 is 81.9. The van der Waals surface area contributed by atoms with Gasteiger partial charge in [-0.1, -0.05) is 69.3 Å². The molecule has 1 aliphatic rings. The van der Waals surface area contributed by atoms with Crippen molar-refractivity contribution in [3.8, 4) is 46.3 Å². The van der Waals surface area contributed by atoms with Crippen molar-refractivity contribution < 1.29 is 96.5 Å². The number of benzene rings is 4. The lowest BCUT2D eigenvalue weighted by Gasteiger charge is -2.25. The molecule has 28 heteroatoms. The van der Waals surface area contributed by atoms with Gasteiger partial charge in [0.2, 0.25) is 23.5 Å². The quantitative estimate of drug-likeness (QED) is 0.0261. The fourth-order valence-electron chi connectivity index (χ4n) is 7.76. The monoisotopic (exact) mass is 1240 g/mol. The molecule has 0 amide bonds. The van der Waals surface area contributed by atoms with Crippen molar-refractivity contribution in [2.75, 3.05) is 26.4 Å². The number of nitrogens with zero attached hydrogens (tertiary/aromatic N) is 8. The number of rotatable bonds is 24. The van der Waals surface area contributed by atoms with Crippen LogP contribution >= 0.6 is 0 Å². The molecule has 8 N–H and O–H groups in total. The Hall–Kier alpha value is -9.64. The molecule has 1 saturated carbocycles. The Morgan fingerprint density at radius 2 is 0.708 bits per heavy atom. The van der Waals surface area contributed by atoms with Gasteiger partial charge in [-0.25, -0.2) is 36.7 Å². The molecule has 2 unspecified atom stereocenters. The molecule has 4 heterocycles. The SMILES string of the molecule is CC(C)(O)COc1cc(C(=O)O)nn1-c1ccccc1F.CC(O)(COc1cc(C(=O)O)nn1-c1ccccc1F)C1CC1.CCC(C)(O)COc1cc(C(=O)O)nn1-c1ccccc1F.CCC(O)(CC)COc1cc(C(=O)O)nn1-c1ccccc1F. The van der Waals surface area contributed by atoms with Gasteiger partial charge in [0, 0.05) is 24.3 Å². The summed E-state index contributed by atoms with van der Waals surface area (Å²) in [7, 11) is 0. The van der Waals surface area contributed by atoms with Gasteiger partial charge in [0.15, 0.2) is 22.8 Å². The highest BCUT2D eigenvalue weighted by Gasteiger charge is 2.41.